The Morgan fingerprint density at radius 3 is 2.69 bits per heavy atom. The third kappa shape index (κ3) is 6.90. The van der Waals surface area contributed by atoms with Crippen molar-refractivity contribution < 1.29 is 14.0 Å². The highest BCUT2D eigenvalue weighted by atomic mass is 32.1. The van der Waals surface area contributed by atoms with E-state index in [4.69, 9.17) is 0 Å². The minimum atomic E-state index is -0.380. The molecule has 1 fully saturated rings. The Morgan fingerprint density at radius 1 is 1.24 bits per heavy atom. The Bertz CT molecular complexity index is 816. The Hall–Kier alpha value is -2.32. The van der Waals surface area contributed by atoms with Crippen LogP contribution in [0.4, 0.5) is 9.52 Å². The second kappa shape index (κ2) is 10.5. The van der Waals surface area contributed by atoms with E-state index in [0.717, 1.165) is 31.2 Å². The van der Waals surface area contributed by atoms with Gasteiger partial charge in [-0.1, -0.05) is 6.92 Å². The van der Waals surface area contributed by atoms with Crippen molar-refractivity contribution in [2.24, 2.45) is 5.92 Å². The van der Waals surface area contributed by atoms with Crippen LogP contribution in [0.3, 0.4) is 0 Å². The lowest BCUT2D eigenvalue weighted by molar-refractivity contribution is -0.116. The molecule has 2 amide bonds. The van der Waals surface area contributed by atoms with E-state index in [0.29, 0.717) is 30.1 Å². The van der Waals surface area contributed by atoms with E-state index in [-0.39, 0.29) is 17.6 Å². The summed E-state index contributed by atoms with van der Waals surface area (Å²) >= 11 is 1.44. The van der Waals surface area contributed by atoms with Gasteiger partial charge in [-0.3, -0.25) is 14.5 Å². The van der Waals surface area contributed by atoms with Crippen LogP contribution in [0.5, 0.6) is 0 Å². The molecule has 1 aliphatic heterocycles. The van der Waals surface area contributed by atoms with Crippen molar-refractivity contribution in [1.29, 1.82) is 0 Å². The molecule has 0 aliphatic carbocycles. The minimum absolute atomic E-state index is 0.117. The van der Waals surface area contributed by atoms with Crippen LogP contribution in [-0.2, 0) is 11.3 Å². The van der Waals surface area contributed by atoms with Crippen LogP contribution in [0, 0.1) is 11.7 Å². The number of hydrogen-bond acceptors (Lipinski definition) is 5. The van der Waals surface area contributed by atoms with Crippen molar-refractivity contribution in [2.45, 2.75) is 39.2 Å². The predicted octanol–water partition coefficient (Wildman–Crippen LogP) is 3.66. The van der Waals surface area contributed by atoms with Gasteiger partial charge in [-0.2, -0.15) is 0 Å². The summed E-state index contributed by atoms with van der Waals surface area (Å²) in [5, 5.41) is 8.17. The zero-order valence-electron chi connectivity index (χ0n) is 16.6. The number of hydrogen-bond donors (Lipinski definition) is 2. The Balaban J connectivity index is 1.34. The number of likely N-dealkylation sites (tertiary alicyclic amines) is 1. The summed E-state index contributed by atoms with van der Waals surface area (Å²) in [6.07, 6.45) is 3.27. The molecule has 1 saturated heterocycles. The average Bonchev–Trinajstić information content (AvgIpc) is 3.14. The Morgan fingerprint density at radius 2 is 1.97 bits per heavy atom. The Kier molecular flexibility index (Phi) is 7.71. The number of aromatic nitrogens is 1. The molecule has 1 aromatic carbocycles. The van der Waals surface area contributed by atoms with Gasteiger partial charge < -0.3 is 10.6 Å². The van der Waals surface area contributed by atoms with Gasteiger partial charge in [0.2, 0.25) is 5.91 Å². The molecule has 1 aromatic heterocycles. The van der Waals surface area contributed by atoms with Crippen LogP contribution < -0.4 is 10.6 Å². The number of nitrogens with zero attached hydrogens (tertiary/aromatic N) is 2. The van der Waals surface area contributed by atoms with Gasteiger partial charge in [-0.05, 0) is 62.5 Å². The van der Waals surface area contributed by atoms with E-state index in [9.17, 15) is 14.0 Å². The zero-order valence-corrected chi connectivity index (χ0v) is 17.4. The fraction of sp³-hybridized carbons (Fsp3) is 0.476. The number of carbonyl (C=O) groups is 2. The molecule has 0 bridgehead atoms. The quantitative estimate of drug-likeness (QED) is 0.642. The lowest BCUT2D eigenvalue weighted by atomic mass is 9.99. The maximum absolute atomic E-state index is 12.9. The third-order valence-electron chi connectivity index (χ3n) is 5.03. The van der Waals surface area contributed by atoms with Gasteiger partial charge in [0, 0.05) is 30.5 Å². The smallest absolute Gasteiger partial charge is 0.251 e. The number of amides is 2. The van der Waals surface area contributed by atoms with Gasteiger partial charge in [-0.25, -0.2) is 9.37 Å². The molecule has 2 heterocycles. The molecule has 2 N–H and O–H groups in total. The lowest BCUT2D eigenvalue weighted by Gasteiger charge is -2.29. The van der Waals surface area contributed by atoms with Crippen LogP contribution in [0.25, 0.3) is 0 Å². The lowest BCUT2D eigenvalue weighted by Crippen LogP contribution is -2.32. The van der Waals surface area contributed by atoms with E-state index in [1.165, 1.54) is 48.4 Å². The third-order valence-corrected chi connectivity index (χ3v) is 5.84. The average molecular weight is 419 g/mol. The fourth-order valence-corrected chi connectivity index (χ4v) is 3.94. The summed E-state index contributed by atoms with van der Waals surface area (Å²) in [4.78, 5) is 30.9. The van der Waals surface area contributed by atoms with Crippen LogP contribution in [-0.4, -0.2) is 41.3 Å². The second-order valence-electron chi connectivity index (χ2n) is 7.52. The number of piperidine rings is 1. The van der Waals surface area contributed by atoms with Gasteiger partial charge in [0.1, 0.15) is 5.82 Å². The molecule has 0 saturated carbocycles. The summed E-state index contributed by atoms with van der Waals surface area (Å²) in [5.74, 6) is 0.0295. The van der Waals surface area contributed by atoms with E-state index in [1.807, 2.05) is 5.38 Å². The highest BCUT2D eigenvalue weighted by molar-refractivity contribution is 7.13. The maximum atomic E-state index is 12.9. The first-order valence-electron chi connectivity index (χ1n) is 10.00. The first-order valence-corrected chi connectivity index (χ1v) is 10.9. The molecule has 0 unspecified atom stereocenters. The summed E-state index contributed by atoms with van der Waals surface area (Å²) in [5.41, 5.74) is 1.39. The van der Waals surface area contributed by atoms with Crippen molar-refractivity contribution in [3.8, 4) is 0 Å². The van der Waals surface area contributed by atoms with Gasteiger partial charge in [-0.15, -0.1) is 11.3 Å². The number of nitrogens with one attached hydrogen (secondary N) is 2. The van der Waals surface area contributed by atoms with E-state index in [1.54, 1.807) is 0 Å². The summed E-state index contributed by atoms with van der Waals surface area (Å²) in [7, 11) is 0. The largest absolute Gasteiger partial charge is 0.352 e. The van der Waals surface area contributed by atoms with Crippen molar-refractivity contribution >= 4 is 28.3 Å². The van der Waals surface area contributed by atoms with Crippen molar-refractivity contribution in [3.63, 3.8) is 0 Å². The van der Waals surface area contributed by atoms with E-state index in [2.05, 4.69) is 27.4 Å². The van der Waals surface area contributed by atoms with Gasteiger partial charge in [0.25, 0.3) is 5.91 Å². The molecular weight excluding hydrogens is 391 g/mol. The number of carbonyl (C=O) groups excluding carboxylic acids is 2. The molecule has 6 nitrogen and oxygen atoms in total. The SMILES string of the molecule is CC1CCN(Cc2csc(NC(=O)CCCNC(=O)c3ccc(F)cc3)n2)CC1. The van der Waals surface area contributed by atoms with Crippen LogP contribution >= 0.6 is 11.3 Å². The molecule has 29 heavy (non-hydrogen) atoms. The zero-order chi connectivity index (χ0) is 20.6. The minimum Gasteiger partial charge on any atom is -0.352 e. The van der Waals surface area contributed by atoms with Gasteiger partial charge in [0.05, 0.1) is 5.69 Å². The highest BCUT2D eigenvalue weighted by Gasteiger charge is 2.17. The summed E-state index contributed by atoms with van der Waals surface area (Å²) in [6.45, 7) is 5.70. The monoisotopic (exact) mass is 418 g/mol. The van der Waals surface area contributed by atoms with Crippen molar-refractivity contribution in [2.75, 3.05) is 25.0 Å². The topological polar surface area (TPSA) is 74.3 Å². The second-order valence-corrected chi connectivity index (χ2v) is 8.38. The normalized spacial score (nSPS) is 15.2. The molecule has 2 aromatic rings. The van der Waals surface area contributed by atoms with Crippen molar-refractivity contribution in [3.05, 3.63) is 46.7 Å². The molecular formula is C21H27FN4O2S. The molecule has 0 spiro atoms. The maximum Gasteiger partial charge on any atom is 0.251 e. The standard InChI is InChI=1S/C21H27FN4O2S/c1-15-8-11-26(12-9-15)13-18-14-29-21(24-18)25-19(27)3-2-10-23-20(28)16-4-6-17(22)7-5-16/h4-7,14-15H,2-3,8-13H2,1H3,(H,23,28)(H,24,25,27). The first kappa shape index (κ1) is 21.4. The molecule has 156 valence electrons. The van der Waals surface area contributed by atoms with Crippen molar-refractivity contribution in [1.82, 2.24) is 15.2 Å². The van der Waals surface area contributed by atoms with Crippen LogP contribution in [0.1, 0.15) is 48.7 Å². The van der Waals surface area contributed by atoms with E-state index >= 15 is 0 Å². The number of anilines is 1. The molecule has 1 aliphatic rings. The Labute approximate surface area is 174 Å². The molecule has 0 radical (unpaired) electrons. The van der Waals surface area contributed by atoms with Gasteiger partial charge >= 0.3 is 0 Å². The van der Waals surface area contributed by atoms with E-state index < -0.39 is 0 Å². The molecule has 3 rings (SSSR count). The predicted molar refractivity (Wildman–Crippen MR) is 112 cm³/mol. The fourth-order valence-electron chi connectivity index (χ4n) is 3.22. The number of thiazole rings is 1. The summed E-state index contributed by atoms with van der Waals surface area (Å²) in [6, 6.07) is 5.36. The number of benzene rings is 1. The number of halogens is 1. The van der Waals surface area contributed by atoms with Gasteiger partial charge in [0.15, 0.2) is 5.13 Å². The van der Waals surface area contributed by atoms with Crippen LogP contribution in [0.15, 0.2) is 29.6 Å². The molecule has 8 heteroatoms. The first-order chi connectivity index (χ1) is 14.0. The molecule has 0 atom stereocenters. The highest BCUT2D eigenvalue weighted by Crippen LogP contribution is 2.21. The summed E-state index contributed by atoms with van der Waals surface area (Å²) < 4.78 is 12.9. The van der Waals surface area contributed by atoms with Crippen LogP contribution in [0.2, 0.25) is 0 Å². The number of rotatable bonds is 8.